The van der Waals surface area contributed by atoms with Crippen molar-refractivity contribution in [3.63, 3.8) is 0 Å². The molecule has 0 saturated carbocycles. The lowest BCUT2D eigenvalue weighted by atomic mass is 9.95. The third-order valence-corrected chi connectivity index (χ3v) is 3.49. The average Bonchev–Trinajstić information content (AvgIpc) is 2.70. The van der Waals surface area contributed by atoms with Gasteiger partial charge in [-0.05, 0) is 32.8 Å². The van der Waals surface area contributed by atoms with Gasteiger partial charge in [0.1, 0.15) is 5.52 Å². The number of nitrogens with one attached hydrogen (secondary N) is 1. The zero-order chi connectivity index (χ0) is 12.5. The van der Waals surface area contributed by atoms with E-state index in [0.717, 1.165) is 29.9 Å². The molecular formula is C13H20N4. The summed E-state index contributed by atoms with van der Waals surface area (Å²) < 4.78 is 1.87. The van der Waals surface area contributed by atoms with E-state index in [2.05, 4.69) is 42.2 Å². The molecule has 0 saturated heterocycles. The lowest BCUT2D eigenvalue weighted by molar-refractivity contribution is 0.477. The second-order valence-electron chi connectivity index (χ2n) is 4.78. The van der Waals surface area contributed by atoms with Gasteiger partial charge in [-0.15, -0.1) is 0 Å². The number of fused-ring (bicyclic) bond motifs is 1. The van der Waals surface area contributed by atoms with E-state index in [9.17, 15) is 0 Å². The quantitative estimate of drug-likeness (QED) is 0.881. The first-order chi connectivity index (χ1) is 8.08. The monoisotopic (exact) mass is 232 g/mol. The van der Waals surface area contributed by atoms with Gasteiger partial charge in [0.2, 0.25) is 0 Å². The van der Waals surface area contributed by atoms with Crippen LogP contribution in [0.4, 0.5) is 5.82 Å². The Morgan fingerprint density at radius 2 is 2.06 bits per heavy atom. The highest BCUT2D eigenvalue weighted by molar-refractivity contribution is 5.68. The molecule has 0 fully saturated rings. The molecule has 4 nitrogen and oxygen atoms in total. The largest absolute Gasteiger partial charge is 0.363 e. The highest BCUT2D eigenvalue weighted by atomic mass is 15.2. The van der Waals surface area contributed by atoms with Gasteiger partial charge < -0.3 is 5.32 Å². The smallest absolute Gasteiger partial charge is 0.152 e. The lowest BCUT2D eigenvalue weighted by Crippen LogP contribution is -2.33. The number of hydrogen-bond acceptors (Lipinski definition) is 3. The Bertz CT molecular complexity index is 511. The first-order valence-electron chi connectivity index (χ1n) is 6.17. The minimum absolute atomic E-state index is 0.0903. The summed E-state index contributed by atoms with van der Waals surface area (Å²) in [6, 6.07) is 2.06. The molecule has 0 spiro atoms. The molecule has 2 aromatic heterocycles. The first-order valence-corrected chi connectivity index (χ1v) is 6.17. The van der Waals surface area contributed by atoms with E-state index in [-0.39, 0.29) is 5.54 Å². The normalized spacial score (nSPS) is 12.0. The average molecular weight is 232 g/mol. The van der Waals surface area contributed by atoms with E-state index >= 15 is 0 Å². The van der Waals surface area contributed by atoms with Crippen molar-refractivity contribution in [3.8, 4) is 0 Å². The van der Waals surface area contributed by atoms with Gasteiger partial charge in [-0.3, -0.25) is 0 Å². The number of nitrogens with zero attached hydrogens (tertiary/aromatic N) is 3. The van der Waals surface area contributed by atoms with E-state index < -0.39 is 0 Å². The number of aryl methyl sites for hydroxylation is 1. The minimum Gasteiger partial charge on any atom is -0.363 e. The second kappa shape index (κ2) is 4.35. The summed E-state index contributed by atoms with van der Waals surface area (Å²) in [5.41, 5.74) is 2.14. The van der Waals surface area contributed by atoms with Crippen molar-refractivity contribution in [1.82, 2.24) is 14.6 Å². The Morgan fingerprint density at radius 1 is 1.35 bits per heavy atom. The summed E-state index contributed by atoms with van der Waals surface area (Å²) in [6.45, 7) is 8.60. The molecule has 92 valence electrons. The van der Waals surface area contributed by atoms with E-state index in [1.807, 2.05) is 17.6 Å². The van der Waals surface area contributed by atoms with Crippen molar-refractivity contribution in [2.24, 2.45) is 0 Å². The van der Waals surface area contributed by atoms with Crippen molar-refractivity contribution in [1.29, 1.82) is 0 Å². The number of aromatic nitrogens is 3. The summed E-state index contributed by atoms with van der Waals surface area (Å²) >= 11 is 0. The first kappa shape index (κ1) is 11.9. The van der Waals surface area contributed by atoms with Gasteiger partial charge in [0.05, 0.1) is 5.69 Å². The predicted octanol–water partition coefficient (Wildman–Crippen LogP) is 3.03. The van der Waals surface area contributed by atoms with Gasteiger partial charge in [-0.2, -0.15) is 5.10 Å². The molecule has 0 aromatic carbocycles. The molecule has 0 atom stereocenters. The van der Waals surface area contributed by atoms with Crippen LogP contribution in [0.5, 0.6) is 0 Å². The maximum absolute atomic E-state index is 4.43. The van der Waals surface area contributed by atoms with Gasteiger partial charge in [0.25, 0.3) is 0 Å². The predicted molar refractivity (Wildman–Crippen MR) is 70.3 cm³/mol. The maximum atomic E-state index is 4.43. The maximum Gasteiger partial charge on any atom is 0.152 e. The molecule has 0 bridgehead atoms. The number of rotatable bonds is 4. The molecule has 0 aliphatic rings. The molecule has 17 heavy (non-hydrogen) atoms. The molecule has 0 amide bonds. The van der Waals surface area contributed by atoms with Crippen molar-refractivity contribution >= 4 is 11.3 Å². The SMILES string of the molecule is CCC(C)(CC)Nc1nccn2nc(C)cc12. The van der Waals surface area contributed by atoms with Crippen molar-refractivity contribution < 1.29 is 0 Å². The van der Waals surface area contributed by atoms with Crippen LogP contribution in [-0.4, -0.2) is 20.1 Å². The second-order valence-corrected chi connectivity index (χ2v) is 4.78. The highest BCUT2D eigenvalue weighted by Gasteiger charge is 2.20. The summed E-state index contributed by atoms with van der Waals surface area (Å²) in [6.07, 6.45) is 5.80. The molecule has 0 radical (unpaired) electrons. The molecule has 0 aliphatic heterocycles. The molecule has 0 aliphatic carbocycles. The lowest BCUT2D eigenvalue weighted by Gasteiger charge is -2.29. The van der Waals surface area contributed by atoms with E-state index in [4.69, 9.17) is 0 Å². The van der Waals surface area contributed by atoms with Crippen molar-refractivity contribution in [3.05, 3.63) is 24.2 Å². The molecule has 0 unspecified atom stereocenters. The van der Waals surface area contributed by atoms with Gasteiger partial charge in [-0.1, -0.05) is 13.8 Å². The van der Waals surface area contributed by atoms with Crippen LogP contribution in [-0.2, 0) is 0 Å². The molecule has 2 aromatic rings. The highest BCUT2D eigenvalue weighted by Crippen LogP contribution is 2.23. The fourth-order valence-corrected chi connectivity index (χ4v) is 1.85. The van der Waals surface area contributed by atoms with Crippen LogP contribution < -0.4 is 5.32 Å². The van der Waals surface area contributed by atoms with Crippen LogP contribution in [0.2, 0.25) is 0 Å². The Hall–Kier alpha value is -1.58. The Balaban J connectivity index is 2.42. The van der Waals surface area contributed by atoms with Crippen LogP contribution in [0.25, 0.3) is 5.52 Å². The minimum atomic E-state index is 0.0903. The summed E-state index contributed by atoms with van der Waals surface area (Å²) in [7, 11) is 0. The van der Waals surface area contributed by atoms with Gasteiger partial charge in [0, 0.05) is 17.9 Å². The fraction of sp³-hybridized carbons (Fsp3) is 0.538. The number of hydrogen-bond donors (Lipinski definition) is 1. The Labute approximate surface area is 102 Å². The third-order valence-electron chi connectivity index (χ3n) is 3.49. The summed E-state index contributed by atoms with van der Waals surface area (Å²) in [5, 5.41) is 7.93. The molecular weight excluding hydrogens is 212 g/mol. The van der Waals surface area contributed by atoms with Crippen molar-refractivity contribution in [2.75, 3.05) is 5.32 Å². The van der Waals surface area contributed by atoms with Crippen LogP contribution in [0.1, 0.15) is 39.3 Å². The van der Waals surface area contributed by atoms with E-state index in [0.29, 0.717) is 0 Å². The number of anilines is 1. The standard InChI is InChI=1S/C13H20N4/c1-5-13(4,6-2)15-12-11-9-10(3)16-17(11)8-7-14-12/h7-9H,5-6H2,1-4H3,(H,14,15). The van der Waals surface area contributed by atoms with Gasteiger partial charge in [-0.25, -0.2) is 9.50 Å². The van der Waals surface area contributed by atoms with Crippen molar-refractivity contribution in [2.45, 2.75) is 46.1 Å². The summed E-state index contributed by atoms with van der Waals surface area (Å²) in [5.74, 6) is 0.916. The van der Waals surface area contributed by atoms with Gasteiger partial charge >= 0.3 is 0 Å². The summed E-state index contributed by atoms with van der Waals surface area (Å²) in [4.78, 5) is 4.43. The van der Waals surface area contributed by atoms with E-state index in [1.165, 1.54) is 0 Å². The molecule has 1 N–H and O–H groups in total. The zero-order valence-electron chi connectivity index (χ0n) is 11.0. The third kappa shape index (κ3) is 2.25. The topological polar surface area (TPSA) is 42.2 Å². The fourth-order valence-electron chi connectivity index (χ4n) is 1.85. The van der Waals surface area contributed by atoms with Crippen LogP contribution in [0.3, 0.4) is 0 Å². The van der Waals surface area contributed by atoms with Crippen LogP contribution in [0.15, 0.2) is 18.5 Å². The molecule has 2 rings (SSSR count). The van der Waals surface area contributed by atoms with Crippen LogP contribution >= 0.6 is 0 Å². The molecule has 4 heteroatoms. The van der Waals surface area contributed by atoms with Crippen LogP contribution in [0, 0.1) is 6.92 Å². The van der Waals surface area contributed by atoms with Gasteiger partial charge in [0.15, 0.2) is 5.82 Å². The Morgan fingerprint density at radius 3 is 2.71 bits per heavy atom. The zero-order valence-corrected chi connectivity index (χ0v) is 11.0. The molecule has 2 heterocycles. The Kier molecular flexibility index (Phi) is 3.05. The van der Waals surface area contributed by atoms with E-state index in [1.54, 1.807) is 6.20 Å².